The van der Waals surface area contributed by atoms with Crippen molar-refractivity contribution in [2.75, 3.05) is 25.6 Å². The van der Waals surface area contributed by atoms with E-state index in [9.17, 15) is 9.18 Å². The monoisotopic (exact) mass is 271 g/mol. The predicted octanol–water partition coefficient (Wildman–Crippen LogP) is 2.21. The smallest absolute Gasteiger partial charge is 0.254 e. The van der Waals surface area contributed by atoms with Crippen molar-refractivity contribution in [3.8, 4) is 0 Å². The number of rotatable bonds is 2. The zero-order chi connectivity index (χ0) is 13.1. The maximum absolute atomic E-state index is 13.3. The number of aryl methyl sites for hydroxylation is 1. The minimum atomic E-state index is -0.388. The lowest BCUT2D eigenvalue weighted by atomic mass is 10.1. The highest BCUT2D eigenvalue weighted by Crippen LogP contribution is 2.14. The van der Waals surface area contributed by atoms with E-state index in [0.29, 0.717) is 31.1 Å². The van der Waals surface area contributed by atoms with E-state index in [1.807, 2.05) is 0 Å². The summed E-state index contributed by atoms with van der Waals surface area (Å²) in [5.74, 6) is -0.206. The SMILES string of the molecule is Cc1cc(F)cc(C(=O)N2CCOC(CCl)C2)c1. The third kappa shape index (κ3) is 3.00. The van der Waals surface area contributed by atoms with E-state index >= 15 is 0 Å². The Bertz CT molecular complexity index is 432. The summed E-state index contributed by atoms with van der Waals surface area (Å²) in [7, 11) is 0. The number of ether oxygens (including phenoxy) is 1. The van der Waals surface area contributed by atoms with E-state index in [2.05, 4.69) is 0 Å². The fraction of sp³-hybridized carbons (Fsp3) is 0.462. The quantitative estimate of drug-likeness (QED) is 0.772. The summed E-state index contributed by atoms with van der Waals surface area (Å²) in [6.45, 7) is 3.21. The number of nitrogens with zero attached hydrogens (tertiary/aromatic N) is 1. The van der Waals surface area contributed by atoms with E-state index < -0.39 is 0 Å². The van der Waals surface area contributed by atoms with Gasteiger partial charge in [0.05, 0.1) is 18.6 Å². The van der Waals surface area contributed by atoms with Gasteiger partial charge in [0.15, 0.2) is 0 Å². The van der Waals surface area contributed by atoms with E-state index in [-0.39, 0.29) is 17.8 Å². The Morgan fingerprint density at radius 3 is 3.00 bits per heavy atom. The first kappa shape index (κ1) is 13.3. The molecule has 1 aromatic rings. The molecule has 1 aliphatic rings. The Balaban J connectivity index is 2.15. The predicted molar refractivity (Wildman–Crippen MR) is 67.5 cm³/mol. The summed E-state index contributed by atoms with van der Waals surface area (Å²) >= 11 is 5.72. The highest BCUT2D eigenvalue weighted by Gasteiger charge is 2.24. The lowest BCUT2D eigenvalue weighted by Gasteiger charge is -2.32. The largest absolute Gasteiger partial charge is 0.373 e. The number of halogens is 2. The van der Waals surface area contributed by atoms with Crippen LogP contribution in [0.4, 0.5) is 4.39 Å². The van der Waals surface area contributed by atoms with Gasteiger partial charge in [-0.3, -0.25) is 4.79 Å². The molecule has 18 heavy (non-hydrogen) atoms. The van der Waals surface area contributed by atoms with Crippen LogP contribution in [0.3, 0.4) is 0 Å². The molecule has 0 spiro atoms. The van der Waals surface area contributed by atoms with E-state index in [4.69, 9.17) is 16.3 Å². The Kier molecular flexibility index (Phi) is 4.19. The van der Waals surface area contributed by atoms with Crippen LogP contribution in [0.15, 0.2) is 18.2 Å². The first-order valence-electron chi connectivity index (χ1n) is 5.84. The minimum absolute atomic E-state index is 0.140. The fourth-order valence-corrected chi connectivity index (χ4v) is 2.23. The summed E-state index contributed by atoms with van der Waals surface area (Å²) in [4.78, 5) is 13.9. The number of morpholine rings is 1. The van der Waals surface area contributed by atoms with Crippen molar-refractivity contribution in [2.24, 2.45) is 0 Å². The number of carbonyl (C=O) groups is 1. The second-order valence-electron chi connectivity index (χ2n) is 4.42. The zero-order valence-electron chi connectivity index (χ0n) is 10.2. The van der Waals surface area contributed by atoms with Gasteiger partial charge >= 0.3 is 0 Å². The van der Waals surface area contributed by atoms with Crippen LogP contribution >= 0.6 is 11.6 Å². The highest BCUT2D eigenvalue weighted by molar-refractivity contribution is 6.18. The van der Waals surface area contributed by atoms with Gasteiger partial charge in [0, 0.05) is 18.7 Å². The van der Waals surface area contributed by atoms with E-state index in [1.54, 1.807) is 17.9 Å². The molecule has 1 atom stereocenters. The van der Waals surface area contributed by atoms with Crippen molar-refractivity contribution in [3.63, 3.8) is 0 Å². The molecule has 1 heterocycles. The lowest BCUT2D eigenvalue weighted by molar-refractivity contribution is -0.0108. The molecule has 1 aliphatic heterocycles. The lowest BCUT2D eigenvalue weighted by Crippen LogP contribution is -2.46. The third-order valence-corrected chi connectivity index (χ3v) is 3.23. The molecule has 1 saturated heterocycles. The van der Waals surface area contributed by atoms with Crippen molar-refractivity contribution >= 4 is 17.5 Å². The van der Waals surface area contributed by atoms with Crippen LogP contribution in [0.5, 0.6) is 0 Å². The standard InChI is InChI=1S/C13H15ClFNO2/c1-9-4-10(6-11(15)5-9)13(17)16-2-3-18-12(7-14)8-16/h4-6,12H,2-3,7-8H2,1H3. The van der Waals surface area contributed by atoms with Gasteiger partial charge in [-0.15, -0.1) is 11.6 Å². The van der Waals surface area contributed by atoms with Crippen molar-refractivity contribution in [1.29, 1.82) is 0 Å². The number of hydrogen-bond donors (Lipinski definition) is 0. The topological polar surface area (TPSA) is 29.5 Å². The molecule has 5 heteroatoms. The van der Waals surface area contributed by atoms with Gasteiger partial charge in [-0.25, -0.2) is 4.39 Å². The molecule has 98 valence electrons. The Hall–Kier alpha value is -1.13. The average Bonchev–Trinajstić information content (AvgIpc) is 2.37. The van der Waals surface area contributed by atoms with Gasteiger partial charge < -0.3 is 9.64 Å². The molecule has 3 nitrogen and oxygen atoms in total. The van der Waals surface area contributed by atoms with Crippen molar-refractivity contribution in [1.82, 2.24) is 4.90 Å². The Morgan fingerprint density at radius 2 is 2.33 bits per heavy atom. The molecule has 0 radical (unpaired) electrons. The van der Waals surface area contributed by atoms with Crippen LogP contribution in [0, 0.1) is 12.7 Å². The van der Waals surface area contributed by atoms with Crippen molar-refractivity contribution in [2.45, 2.75) is 13.0 Å². The summed E-state index contributed by atoms with van der Waals surface area (Å²) < 4.78 is 18.7. The van der Waals surface area contributed by atoms with Gasteiger partial charge in [0.25, 0.3) is 5.91 Å². The zero-order valence-corrected chi connectivity index (χ0v) is 10.9. The fourth-order valence-electron chi connectivity index (χ4n) is 2.04. The van der Waals surface area contributed by atoms with Crippen LogP contribution < -0.4 is 0 Å². The Labute approximate surface area is 110 Å². The van der Waals surface area contributed by atoms with Crippen LogP contribution in [0.2, 0.25) is 0 Å². The third-order valence-electron chi connectivity index (χ3n) is 2.89. The molecule has 1 aromatic carbocycles. The Morgan fingerprint density at radius 1 is 1.56 bits per heavy atom. The van der Waals surface area contributed by atoms with Gasteiger partial charge in [-0.1, -0.05) is 0 Å². The van der Waals surface area contributed by atoms with Crippen LogP contribution in [-0.2, 0) is 4.74 Å². The molecule has 0 aromatic heterocycles. The van der Waals surface area contributed by atoms with E-state index in [1.165, 1.54) is 12.1 Å². The second kappa shape index (κ2) is 5.67. The summed E-state index contributed by atoms with van der Waals surface area (Å²) in [5.41, 5.74) is 1.11. The molecule has 0 aliphatic carbocycles. The molecule has 0 saturated carbocycles. The first-order valence-corrected chi connectivity index (χ1v) is 6.37. The minimum Gasteiger partial charge on any atom is -0.373 e. The normalized spacial score (nSPS) is 19.9. The average molecular weight is 272 g/mol. The molecule has 1 unspecified atom stereocenters. The summed E-state index contributed by atoms with van der Waals surface area (Å²) in [6.07, 6.45) is -0.140. The van der Waals surface area contributed by atoms with Crippen LogP contribution in [0.1, 0.15) is 15.9 Å². The molecule has 0 bridgehead atoms. The van der Waals surface area contributed by atoms with Gasteiger partial charge in [-0.2, -0.15) is 0 Å². The number of carbonyl (C=O) groups excluding carboxylic acids is 1. The summed E-state index contributed by atoms with van der Waals surface area (Å²) in [6, 6.07) is 4.36. The molecule has 2 rings (SSSR count). The van der Waals surface area contributed by atoms with Gasteiger partial charge in [-0.05, 0) is 30.7 Å². The highest BCUT2D eigenvalue weighted by atomic mass is 35.5. The number of amides is 1. The molecule has 0 N–H and O–H groups in total. The first-order chi connectivity index (χ1) is 8.60. The maximum Gasteiger partial charge on any atom is 0.254 e. The second-order valence-corrected chi connectivity index (χ2v) is 4.72. The van der Waals surface area contributed by atoms with Crippen molar-refractivity contribution < 1.29 is 13.9 Å². The van der Waals surface area contributed by atoms with Crippen molar-refractivity contribution in [3.05, 3.63) is 35.1 Å². The molecular weight excluding hydrogens is 257 g/mol. The number of hydrogen-bond acceptors (Lipinski definition) is 2. The summed E-state index contributed by atoms with van der Waals surface area (Å²) in [5, 5.41) is 0. The van der Waals surface area contributed by atoms with Crippen LogP contribution in [0.25, 0.3) is 0 Å². The van der Waals surface area contributed by atoms with Gasteiger partial charge in [0.2, 0.25) is 0 Å². The molecule has 1 fully saturated rings. The van der Waals surface area contributed by atoms with Gasteiger partial charge in [0.1, 0.15) is 5.82 Å². The number of benzene rings is 1. The maximum atomic E-state index is 13.3. The molecule has 1 amide bonds. The number of alkyl halides is 1. The van der Waals surface area contributed by atoms with E-state index in [0.717, 1.165) is 5.56 Å². The molecular formula is C13H15ClFNO2. The van der Waals surface area contributed by atoms with Crippen LogP contribution in [-0.4, -0.2) is 42.5 Å².